The Balaban J connectivity index is 0.984. The van der Waals surface area contributed by atoms with Crippen molar-refractivity contribution >= 4 is 28.6 Å². The highest BCUT2D eigenvalue weighted by molar-refractivity contribution is 6.31. The Morgan fingerprint density at radius 1 is 0.981 bits per heavy atom. The standard InChI is InChI=1S/C41H43ClN4O6/c42-34-21-26(9-10-27(34)15-18-43-23-37(48)32-11-13-36(47)39-33(32)12-14-38(49)44-39)25-52-31-8-4-7-30(22-31)40(29-5-2-1-3-6-29)46(41(50)51)35-24-45-19-16-28(35)17-20-45/h1-14,21-22,28,35,37,40,43,47-48H,15-20,23-25H2,(H,44,49)(H,50,51)/t35-,37+,40?/m0/s1. The number of nitrogens with one attached hydrogen (secondary N) is 2. The predicted octanol–water partition coefficient (Wildman–Crippen LogP) is 6.50. The number of aromatic hydroxyl groups is 1. The van der Waals surface area contributed by atoms with Crippen molar-refractivity contribution in [1.82, 2.24) is 20.1 Å². The number of fused-ring (bicyclic) bond motifs is 4. The van der Waals surface area contributed by atoms with E-state index in [1.165, 1.54) is 12.1 Å². The molecule has 0 spiro atoms. The Kier molecular flexibility index (Phi) is 10.8. The number of amides is 1. The van der Waals surface area contributed by atoms with Crippen LogP contribution in [0.25, 0.3) is 10.9 Å². The van der Waals surface area contributed by atoms with Gasteiger partial charge < -0.3 is 35.3 Å². The van der Waals surface area contributed by atoms with Crippen molar-refractivity contribution in [2.24, 2.45) is 5.92 Å². The molecule has 5 aromatic rings. The van der Waals surface area contributed by atoms with Crippen molar-refractivity contribution in [2.75, 3.05) is 32.7 Å². The number of rotatable bonds is 13. The molecule has 8 rings (SSSR count). The summed E-state index contributed by atoms with van der Waals surface area (Å²) in [4.78, 5) is 31.4. The Hall–Kier alpha value is -4.87. The lowest BCUT2D eigenvalue weighted by atomic mass is 9.81. The van der Waals surface area contributed by atoms with Crippen LogP contribution in [0.5, 0.6) is 11.5 Å². The van der Waals surface area contributed by atoms with E-state index in [-0.39, 0.29) is 30.5 Å². The molecule has 0 aliphatic carbocycles. The largest absolute Gasteiger partial charge is 0.506 e. The number of hydrogen-bond acceptors (Lipinski definition) is 7. The fourth-order valence-corrected chi connectivity index (χ4v) is 8.09. The molecule has 3 saturated heterocycles. The molecule has 0 radical (unpaired) electrons. The van der Waals surface area contributed by atoms with Gasteiger partial charge in [0.15, 0.2) is 0 Å². The first-order valence-corrected chi connectivity index (χ1v) is 18.2. The van der Waals surface area contributed by atoms with E-state index in [4.69, 9.17) is 16.3 Å². The number of pyridine rings is 1. The monoisotopic (exact) mass is 722 g/mol. The highest BCUT2D eigenvalue weighted by Gasteiger charge is 2.43. The molecule has 1 aromatic heterocycles. The van der Waals surface area contributed by atoms with Crippen LogP contribution >= 0.6 is 11.6 Å². The van der Waals surface area contributed by atoms with Gasteiger partial charge in [0, 0.05) is 29.6 Å². The Labute approximate surface area is 307 Å². The number of benzene rings is 4. The molecule has 0 saturated carbocycles. The summed E-state index contributed by atoms with van der Waals surface area (Å²) in [5.74, 6) is 0.947. The van der Waals surface area contributed by atoms with Gasteiger partial charge in [-0.25, -0.2) is 4.79 Å². The molecule has 3 aliphatic heterocycles. The van der Waals surface area contributed by atoms with Gasteiger partial charge in [0.1, 0.15) is 18.1 Å². The number of nitrogens with zero attached hydrogens (tertiary/aromatic N) is 2. The van der Waals surface area contributed by atoms with E-state index >= 15 is 0 Å². The summed E-state index contributed by atoms with van der Waals surface area (Å²) in [6.07, 6.45) is 0.911. The minimum atomic E-state index is -0.912. The summed E-state index contributed by atoms with van der Waals surface area (Å²) >= 11 is 6.69. The molecular formula is C41H43ClN4O6. The number of piperidine rings is 3. The summed E-state index contributed by atoms with van der Waals surface area (Å²) in [7, 11) is 0. The molecule has 3 atom stereocenters. The van der Waals surface area contributed by atoms with Gasteiger partial charge >= 0.3 is 6.09 Å². The van der Waals surface area contributed by atoms with Crippen LogP contribution in [-0.2, 0) is 13.0 Å². The molecule has 2 bridgehead atoms. The van der Waals surface area contributed by atoms with E-state index in [9.17, 15) is 24.9 Å². The third kappa shape index (κ3) is 7.80. The molecule has 4 aromatic carbocycles. The quantitative estimate of drug-likeness (QED) is 0.0870. The van der Waals surface area contributed by atoms with Crippen LogP contribution in [0.3, 0.4) is 0 Å². The topological polar surface area (TPSA) is 138 Å². The number of halogens is 1. The molecule has 1 unspecified atom stereocenters. The van der Waals surface area contributed by atoms with Gasteiger partial charge in [-0.1, -0.05) is 72.3 Å². The van der Waals surface area contributed by atoms with Crippen molar-refractivity contribution in [3.05, 3.63) is 140 Å². The van der Waals surface area contributed by atoms with E-state index in [0.717, 1.165) is 54.7 Å². The van der Waals surface area contributed by atoms with E-state index in [1.54, 1.807) is 17.0 Å². The number of aromatic amines is 1. The molecule has 4 heterocycles. The first-order valence-electron chi connectivity index (χ1n) is 17.8. The third-order valence-corrected chi connectivity index (χ3v) is 10.8. The average molecular weight is 723 g/mol. The number of phenols is 1. The van der Waals surface area contributed by atoms with E-state index in [1.807, 2.05) is 72.8 Å². The molecular weight excluding hydrogens is 680 g/mol. The SMILES string of the molecule is O=C(O)N(C(c1ccccc1)c1cccc(OCc2ccc(CCNC[C@@H](O)c3ccc(O)c4[nH]c(=O)ccc34)c(Cl)c2)c1)[C@H]1CN2CCC1CC2. The van der Waals surface area contributed by atoms with E-state index < -0.39 is 18.2 Å². The normalized spacial score (nSPS) is 19.3. The van der Waals surface area contributed by atoms with Gasteiger partial charge in [0.25, 0.3) is 0 Å². The van der Waals surface area contributed by atoms with Crippen LogP contribution in [0.1, 0.15) is 52.8 Å². The van der Waals surface area contributed by atoms with E-state index in [0.29, 0.717) is 46.1 Å². The van der Waals surface area contributed by atoms with E-state index in [2.05, 4.69) is 15.2 Å². The Morgan fingerprint density at radius 2 is 1.77 bits per heavy atom. The number of aliphatic hydroxyl groups is 1. The van der Waals surface area contributed by atoms with Gasteiger partial charge in [-0.2, -0.15) is 0 Å². The molecule has 3 fully saturated rings. The maximum Gasteiger partial charge on any atom is 0.408 e. The highest BCUT2D eigenvalue weighted by atomic mass is 35.5. The summed E-state index contributed by atoms with van der Waals surface area (Å²) in [5, 5.41) is 36.1. The second-order valence-corrected chi connectivity index (χ2v) is 14.2. The molecule has 5 N–H and O–H groups in total. The summed E-state index contributed by atoms with van der Waals surface area (Å²) in [6.45, 7) is 3.96. The van der Waals surface area contributed by atoms with Gasteiger partial charge in [-0.05, 0) is 103 Å². The lowest BCUT2D eigenvalue weighted by molar-refractivity contribution is -0.000812. The van der Waals surface area contributed by atoms with Crippen molar-refractivity contribution in [1.29, 1.82) is 0 Å². The Bertz CT molecular complexity index is 2080. The number of phenolic OH excluding ortho intramolecular Hbond substituents is 1. The molecule has 3 aliphatic rings. The van der Waals surface area contributed by atoms with Gasteiger partial charge in [-0.15, -0.1) is 0 Å². The molecule has 52 heavy (non-hydrogen) atoms. The van der Waals surface area contributed by atoms with Gasteiger partial charge in [0.2, 0.25) is 5.56 Å². The summed E-state index contributed by atoms with van der Waals surface area (Å²) in [5.41, 5.74) is 4.22. The van der Waals surface area contributed by atoms with Crippen molar-refractivity contribution in [2.45, 2.75) is 44.1 Å². The zero-order valence-electron chi connectivity index (χ0n) is 28.7. The maximum atomic E-state index is 13.0. The molecule has 11 heteroatoms. The fraction of sp³-hybridized carbons (Fsp3) is 0.317. The smallest absolute Gasteiger partial charge is 0.408 e. The number of ether oxygens (including phenoxy) is 1. The van der Waals surface area contributed by atoms with Crippen LogP contribution in [0.15, 0.2) is 102 Å². The number of H-pyrrole nitrogens is 1. The zero-order valence-corrected chi connectivity index (χ0v) is 29.5. The number of hydrogen-bond donors (Lipinski definition) is 5. The average Bonchev–Trinajstić information content (AvgIpc) is 3.16. The van der Waals surface area contributed by atoms with Crippen molar-refractivity contribution in [3.8, 4) is 11.5 Å². The lowest BCUT2D eigenvalue weighted by Crippen LogP contribution is -2.59. The first-order chi connectivity index (χ1) is 25.2. The van der Waals surface area contributed by atoms with Crippen LogP contribution in [0.4, 0.5) is 4.79 Å². The van der Waals surface area contributed by atoms with Crippen LogP contribution in [0, 0.1) is 5.92 Å². The van der Waals surface area contributed by atoms with Crippen LogP contribution in [-0.4, -0.2) is 75.0 Å². The second-order valence-electron chi connectivity index (χ2n) is 13.8. The first kappa shape index (κ1) is 35.5. The molecule has 270 valence electrons. The number of carbonyl (C=O) groups is 1. The molecule has 10 nitrogen and oxygen atoms in total. The van der Waals surface area contributed by atoms with Crippen molar-refractivity contribution < 1.29 is 24.9 Å². The predicted molar refractivity (Wildman–Crippen MR) is 201 cm³/mol. The van der Waals surface area contributed by atoms with Gasteiger partial charge in [0.05, 0.1) is 23.7 Å². The van der Waals surface area contributed by atoms with Gasteiger partial charge in [-0.3, -0.25) is 9.69 Å². The molecule has 1 amide bonds. The van der Waals surface area contributed by atoms with Crippen LogP contribution < -0.4 is 15.6 Å². The second kappa shape index (κ2) is 15.8. The number of aromatic nitrogens is 1. The number of carboxylic acid groups (broad SMARTS) is 1. The minimum Gasteiger partial charge on any atom is -0.506 e. The third-order valence-electron chi connectivity index (χ3n) is 10.5. The lowest BCUT2D eigenvalue weighted by Gasteiger charge is -2.50. The summed E-state index contributed by atoms with van der Waals surface area (Å²) in [6, 6.07) is 29.0. The zero-order chi connectivity index (χ0) is 36.2. The van der Waals surface area contributed by atoms with Crippen molar-refractivity contribution in [3.63, 3.8) is 0 Å². The maximum absolute atomic E-state index is 13.0. The number of aliphatic hydroxyl groups excluding tert-OH is 1. The fourth-order valence-electron chi connectivity index (χ4n) is 7.79. The Morgan fingerprint density at radius 3 is 2.50 bits per heavy atom. The highest BCUT2D eigenvalue weighted by Crippen LogP contribution is 2.39. The summed E-state index contributed by atoms with van der Waals surface area (Å²) < 4.78 is 6.25. The minimum absolute atomic E-state index is 0.0488. The van der Waals surface area contributed by atoms with Crippen LogP contribution in [0.2, 0.25) is 5.02 Å².